The first-order chi connectivity index (χ1) is 9.21. The van der Waals surface area contributed by atoms with Crippen LogP contribution in [-0.4, -0.2) is 32.0 Å². The van der Waals surface area contributed by atoms with E-state index < -0.39 is 0 Å². The lowest BCUT2D eigenvalue weighted by Gasteiger charge is -2.09. The molecule has 0 saturated carbocycles. The van der Waals surface area contributed by atoms with E-state index in [1.165, 1.54) is 0 Å². The summed E-state index contributed by atoms with van der Waals surface area (Å²) in [7, 11) is 1.62. The number of carbonyl (C=O) groups excluding carboxylic acids is 1. The van der Waals surface area contributed by atoms with Crippen LogP contribution < -0.4 is 16.0 Å². The Morgan fingerprint density at radius 1 is 1.10 bits per heavy atom. The van der Waals surface area contributed by atoms with Gasteiger partial charge in [0.2, 0.25) is 0 Å². The third-order valence-electron chi connectivity index (χ3n) is 2.55. The summed E-state index contributed by atoms with van der Waals surface area (Å²) in [4.78, 5) is 15.9. The molecule has 1 aromatic carbocycles. The highest BCUT2D eigenvalue weighted by molar-refractivity contribution is 14.0. The van der Waals surface area contributed by atoms with Crippen molar-refractivity contribution in [3.8, 4) is 0 Å². The van der Waals surface area contributed by atoms with Crippen LogP contribution in [0.2, 0.25) is 0 Å². The molecule has 0 aliphatic rings. The number of nitrogens with one attached hydrogen (secondary N) is 3. The predicted molar refractivity (Wildman–Crippen MR) is 93.7 cm³/mol. The number of nitrogens with zero attached hydrogens (tertiary/aromatic N) is 1. The zero-order valence-corrected chi connectivity index (χ0v) is 14.5. The van der Waals surface area contributed by atoms with Crippen molar-refractivity contribution >= 4 is 35.8 Å². The Morgan fingerprint density at radius 2 is 1.65 bits per heavy atom. The molecule has 0 bridgehead atoms. The van der Waals surface area contributed by atoms with Gasteiger partial charge in [0, 0.05) is 25.7 Å². The van der Waals surface area contributed by atoms with Gasteiger partial charge in [-0.2, -0.15) is 0 Å². The Hall–Kier alpha value is -1.31. The normalized spacial score (nSPS) is 9.15. The van der Waals surface area contributed by atoms with E-state index >= 15 is 0 Å². The Labute approximate surface area is 137 Å². The largest absolute Gasteiger partial charge is 0.357 e. The highest BCUT2D eigenvalue weighted by Crippen LogP contribution is 2.05. The maximum absolute atomic E-state index is 11.4. The van der Waals surface area contributed by atoms with Crippen molar-refractivity contribution in [3.63, 3.8) is 0 Å². The average Bonchev–Trinajstić information content (AvgIpc) is 2.45. The molecule has 0 fully saturated rings. The van der Waals surface area contributed by atoms with Crippen molar-refractivity contribution in [2.24, 2.45) is 4.99 Å². The van der Waals surface area contributed by atoms with Gasteiger partial charge in [-0.15, -0.1) is 24.0 Å². The van der Waals surface area contributed by atoms with Gasteiger partial charge in [0.15, 0.2) is 5.96 Å². The second-order valence-corrected chi connectivity index (χ2v) is 4.00. The lowest BCUT2D eigenvalue weighted by Crippen LogP contribution is -2.36. The van der Waals surface area contributed by atoms with Crippen LogP contribution in [0.15, 0.2) is 29.3 Å². The molecule has 0 unspecified atom stereocenters. The fraction of sp³-hybridized carbons (Fsp3) is 0.429. The Kier molecular flexibility index (Phi) is 9.79. The van der Waals surface area contributed by atoms with E-state index in [0.717, 1.165) is 24.6 Å². The Morgan fingerprint density at radius 3 is 2.10 bits per heavy atom. The predicted octanol–water partition coefficient (Wildman–Crippen LogP) is 1.74. The van der Waals surface area contributed by atoms with E-state index in [2.05, 4.69) is 20.9 Å². The van der Waals surface area contributed by atoms with Crippen molar-refractivity contribution in [3.05, 3.63) is 35.4 Å². The SMILES string of the molecule is CCNC(=NCc1ccc(C(=O)NC)cc1)NCC.I. The molecule has 0 aliphatic carbocycles. The molecule has 1 amide bonds. The number of hydrogen-bond acceptors (Lipinski definition) is 2. The number of benzene rings is 1. The smallest absolute Gasteiger partial charge is 0.251 e. The topological polar surface area (TPSA) is 65.5 Å². The summed E-state index contributed by atoms with van der Waals surface area (Å²) in [5.74, 6) is 0.733. The minimum Gasteiger partial charge on any atom is -0.357 e. The van der Waals surface area contributed by atoms with Gasteiger partial charge in [0.05, 0.1) is 6.54 Å². The molecular weight excluding hydrogens is 367 g/mol. The summed E-state index contributed by atoms with van der Waals surface area (Å²) >= 11 is 0. The molecule has 0 atom stereocenters. The molecule has 5 nitrogen and oxygen atoms in total. The summed E-state index contributed by atoms with van der Waals surface area (Å²) in [6, 6.07) is 7.46. The first kappa shape index (κ1) is 18.7. The maximum atomic E-state index is 11.4. The van der Waals surface area contributed by atoms with E-state index in [-0.39, 0.29) is 29.9 Å². The van der Waals surface area contributed by atoms with Gasteiger partial charge in [-0.05, 0) is 31.5 Å². The van der Waals surface area contributed by atoms with Crippen LogP contribution in [-0.2, 0) is 6.54 Å². The quantitative estimate of drug-likeness (QED) is 0.408. The van der Waals surface area contributed by atoms with Crippen LogP contribution in [0, 0.1) is 0 Å². The first-order valence-electron chi connectivity index (χ1n) is 6.54. The number of amides is 1. The van der Waals surface area contributed by atoms with E-state index in [1.54, 1.807) is 7.05 Å². The second kappa shape index (κ2) is 10.5. The molecule has 0 heterocycles. The van der Waals surface area contributed by atoms with E-state index in [1.807, 2.05) is 38.1 Å². The summed E-state index contributed by atoms with van der Waals surface area (Å²) in [6.07, 6.45) is 0. The molecule has 6 heteroatoms. The third kappa shape index (κ3) is 6.23. The highest BCUT2D eigenvalue weighted by Gasteiger charge is 2.02. The molecule has 0 saturated heterocycles. The van der Waals surface area contributed by atoms with Gasteiger partial charge in [0.1, 0.15) is 0 Å². The first-order valence-corrected chi connectivity index (χ1v) is 6.54. The van der Waals surface area contributed by atoms with E-state index in [9.17, 15) is 4.79 Å². The second-order valence-electron chi connectivity index (χ2n) is 4.00. The third-order valence-corrected chi connectivity index (χ3v) is 2.55. The minimum absolute atomic E-state index is 0. The van der Waals surface area contributed by atoms with Crippen LogP contribution in [0.5, 0.6) is 0 Å². The van der Waals surface area contributed by atoms with Crippen LogP contribution in [0.25, 0.3) is 0 Å². The summed E-state index contributed by atoms with van der Waals surface area (Å²) in [5.41, 5.74) is 1.73. The lowest BCUT2D eigenvalue weighted by atomic mass is 10.1. The summed E-state index contributed by atoms with van der Waals surface area (Å²) in [6.45, 7) is 6.32. The number of halogens is 1. The van der Waals surface area contributed by atoms with Gasteiger partial charge in [-0.3, -0.25) is 4.79 Å². The van der Waals surface area contributed by atoms with Gasteiger partial charge in [-0.1, -0.05) is 12.1 Å². The van der Waals surface area contributed by atoms with Gasteiger partial charge < -0.3 is 16.0 Å². The van der Waals surface area contributed by atoms with Crippen LogP contribution in [0.4, 0.5) is 0 Å². The fourth-order valence-corrected chi connectivity index (χ4v) is 1.59. The van der Waals surface area contributed by atoms with Crippen molar-refractivity contribution in [2.45, 2.75) is 20.4 Å². The molecule has 3 N–H and O–H groups in total. The number of carbonyl (C=O) groups is 1. The van der Waals surface area contributed by atoms with Crippen molar-refractivity contribution in [1.29, 1.82) is 0 Å². The van der Waals surface area contributed by atoms with E-state index in [0.29, 0.717) is 12.1 Å². The Bertz CT molecular complexity index is 423. The molecule has 112 valence electrons. The molecule has 20 heavy (non-hydrogen) atoms. The highest BCUT2D eigenvalue weighted by atomic mass is 127. The van der Waals surface area contributed by atoms with Crippen molar-refractivity contribution < 1.29 is 4.79 Å². The summed E-state index contributed by atoms with van der Waals surface area (Å²) < 4.78 is 0. The molecule has 0 aromatic heterocycles. The Balaban J connectivity index is 0.00000361. The van der Waals surface area contributed by atoms with Crippen LogP contribution in [0.3, 0.4) is 0 Å². The zero-order chi connectivity index (χ0) is 14.1. The van der Waals surface area contributed by atoms with Gasteiger partial charge in [0.25, 0.3) is 5.91 Å². The molecule has 0 spiro atoms. The molecule has 0 radical (unpaired) electrons. The fourth-order valence-electron chi connectivity index (χ4n) is 1.59. The molecule has 1 aromatic rings. The minimum atomic E-state index is -0.0731. The zero-order valence-electron chi connectivity index (χ0n) is 12.2. The number of guanidine groups is 1. The maximum Gasteiger partial charge on any atom is 0.251 e. The lowest BCUT2D eigenvalue weighted by molar-refractivity contribution is 0.0963. The van der Waals surface area contributed by atoms with Crippen molar-refractivity contribution in [1.82, 2.24) is 16.0 Å². The number of hydrogen-bond donors (Lipinski definition) is 3. The van der Waals surface area contributed by atoms with Crippen LogP contribution >= 0.6 is 24.0 Å². The average molecular weight is 390 g/mol. The monoisotopic (exact) mass is 390 g/mol. The van der Waals surface area contributed by atoms with Crippen LogP contribution in [0.1, 0.15) is 29.8 Å². The number of aliphatic imine (C=N–C) groups is 1. The molecule has 0 aliphatic heterocycles. The summed E-state index contributed by atoms with van der Waals surface area (Å²) in [5, 5.41) is 8.93. The molecule has 1 rings (SSSR count). The van der Waals surface area contributed by atoms with Gasteiger partial charge >= 0.3 is 0 Å². The standard InChI is InChI=1S/C14H22N4O.HI/c1-4-16-14(17-5-2)18-10-11-6-8-12(9-7-11)13(19)15-3;/h6-9H,4-5,10H2,1-3H3,(H,15,19)(H2,16,17,18);1H. The molecular formula is C14H23IN4O. The van der Waals surface area contributed by atoms with E-state index in [4.69, 9.17) is 0 Å². The van der Waals surface area contributed by atoms with Crippen molar-refractivity contribution in [2.75, 3.05) is 20.1 Å². The number of rotatable bonds is 5. The van der Waals surface area contributed by atoms with Gasteiger partial charge in [-0.25, -0.2) is 4.99 Å².